The minimum atomic E-state index is -0.145. The average molecular weight is 301 g/mol. The van der Waals surface area contributed by atoms with E-state index in [-0.39, 0.29) is 11.8 Å². The maximum atomic E-state index is 12.2. The topological polar surface area (TPSA) is 52.7 Å². The molecule has 0 radical (unpaired) electrons. The van der Waals surface area contributed by atoms with Gasteiger partial charge < -0.3 is 15.1 Å². The van der Waals surface area contributed by atoms with Crippen LogP contribution in [0.4, 0.5) is 0 Å². The molecule has 0 saturated carbocycles. The Labute approximate surface area is 131 Å². The van der Waals surface area contributed by atoms with E-state index in [0.29, 0.717) is 17.7 Å². The van der Waals surface area contributed by atoms with Gasteiger partial charge in [0.05, 0.1) is 0 Å². The summed E-state index contributed by atoms with van der Waals surface area (Å²) in [5.41, 5.74) is 2.30. The summed E-state index contributed by atoms with van der Waals surface area (Å²) < 4.78 is 0. The standard InChI is InChI=1S/C17H23N3O2/c1-19(2)17(22)15-6-4-5-14(11-15)16(21)18-12-13-7-9-20(3)10-8-13/h4-7,11H,8-10,12H2,1-3H3,(H,18,21). The van der Waals surface area contributed by atoms with Crippen LogP contribution in [-0.2, 0) is 0 Å². The van der Waals surface area contributed by atoms with Crippen molar-refractivity contribution in [2.75, 3.05) is 40.8 Å². The van der Waals surface area contributed by atoms with Gasteiger partial charge in [-0.1, -0.05) is 17.7 Å². The molecule has 1 aromatic carbocycles. The number of hydrogen-bond acceptors (Lipinski definition) is 3. The summed E-state index contributed by atoms with van der Waals surface area (Å²) in [6.07, 6.45) is 3.14. The summed E-state index contributed by atoms with van der Waals surface area (Å²) >= 11 is 0. The predicted molar refractivity (Wildman–Crippen MR) is 87.0 cm³/mol. The van der Waals surface area contributed by atoms with Gasteiger partial charge in [0, 0.05) is 44.9 Å². The predicted octanol–water partition coefficient (Wildman–Crippen LogP) is 1.38. The van der Waals surface area contributed by atoms with Crippen LogP contribution in [0.2, 0.25) is 0 Å². The Morgan fingerprint density at radius 3 is 2.64 bits per heavy atom. The van der Waals surface area contributed by atoms with E-state index in [1.54, 1.807) is 38.4 Å². The van der Waals surface area contributed by atoms with Gasteiger partial charge in [0.2, 0.25) is 0 Å². The summed E-state index contributed by atoms with van der Waals surface area (Å²) in [4.78, 5) is 27.9. The Morgan fingerprint density at radius 1 is 1.27 bits per heavy atom. The second kappa shape index (κ2) is 7.22. The van der Waals surface area contributed by atoms with Crippen LogP contribution in [0.3, 0.4) is 0 Å². The van der Waals surface area contributed by atoms with Gasteiger partial charge in [-0.3, -0.25) is 9.59 Å². The normalized spacial score (nSPS) is 15.1. The molecule has 2 amide bonds. The first-order chi connectivity index (χ1) is 10.5. The monoisotopic (exact) mass is 301 g/mol. The molecule has 0 unspecified atom stereocenters. The molecule has 0 aromatic heterocycles. The lowest BCUT2D eigenvalue weighted by Crippen LogP contribution is -2.30. The van der Waals surface area contributed by atoms with Gasteiger partial charge in [-0.05, 0) is 31.7 Å². The first-order valence-electron chi connectivity index (χ1n) is 7.43. The molecule has 22 heavy (non-hydrogen) atoms. The zero-order valence-corrected chi connectivity index (χ0v) is 13.4. The fourth-order valence-corrected chi connectivity index (χ4v) is 2.32. The lowest BCUT2D eigenvalue weighted by molar-refractivity contribution is 0.0827. The zero-order valence-electron chi connectivity index (χ0n) is 13.4. The minimum Gasteiger partial charge on any atom is -0.348 e. The van der Waals surface area contributed by atoms with Gasteiger partial charge in [0.1, 0.15) is 0 Å². The van der Waals surface area contributed by atoms with E-state index in [0.717, 1.165) is 19.5 Å². The molecule has 5 heteroatoms. The summed E-state index contributed by atoms with van der Waals surface area (Å²) in [5.74, 6) is -0.249. The summed E-state index contributed by atoms with van der Waals surface area (Å²) in [6.45, 7) is 2.52. The molecular weight excluding hydrogens is 278 g/mol. The number of carbonyl (C=O) groups is 2. The SMILES string of the molecule is CN1CC=C(CNC(=O)c2cccc(C(=O)N(C)C)c2)CC1. The fourth-order valence-electron chi connectivity index (χ4n) is 2.32. The molecule has 2 rings (SSSR count). The Morgan fingerprint density at radius 2 is 2.00 bits per heavy atom. The van der Waals surface area contributed by atoms with Crippen molar-refractivity contribution in [2.45, 2.75) is 6.42 Å². The molecule has 0 atom stereocenters. The van der Waals surface area contributed by atoms with E-state index in [2.05, 4.69) is 23.3 Å². The van der Waals surface area contributed by atoms with Crippen molar-refractivity contribution in [1.29, 1.82) is 0 Å². The molecule has 118 valence electrons. The first-order valence-corrected chi connectivity index (χ1v) is 7.43. The van der Waals surface area contributed by atoms with Crippen molar-refractivity contribution in [2.24, 2.45) is 0 Å². The highest BCUT2D eigenvalue weighted by atomic mass is 16.2. The first kappa shape index (κ1) is 16.2. The highest BCUT2D eigenvalue weighted by Crippen LogP contribution is 2.10. The van der Waals surface area contributed by atoms with Crippen molar-refractivity contribution in [3.05, 3.63) is 47.0 Å². The highest BCUT2D eigenvalue weighted by molar-refractivity contribution is 5.99. The minimum absolute atomic E-state index is 0.104. The van der Waals surface area contributed by atoms with Gasteiger partial charge in [0.15, 0.2) is 0 Å². The van der Waals surface area contributed by atoms with Crippen LogP contribution in [-0.4, -0.2) is 62.4 Å². The van der Waals surface area contributed by atoms with Crippen molar-refractivity contribution in [3.63, 3.8) is 0 Å². The van der Waals surface area contributed by atoms with E-state index in [1.807, 2.05) is 0 Å². The van der Waals surface area contributed by atoms with Crippen LogP contribution in [0, 0.1) is 0 Å². The molecular formula is C17H23N3O2. The highest BCUT2D eigenvalue weighted by Gasteiger charge is 2.13. The smallest absolute Gasteiger partial charge is 0.253 e. The lowest BCUT2D eigenvalue weighted by atomic mass is 10.1. The number of amides is 2. The average Bonchev–Trinajstić information content (AvgIpc) is 2.53. The number of carbonyl (C=O) groups excluding carboxylic acids is 2. The second-order valence-corrected chi connectivity index (χ2v) is 5.84. The van der Waals surface area contributed by atoms with Crippen molar-refractivity contribution in [3.8, 4) is 0 Å². The molecule has 1 aliphatic heterocycles. The Kier molecular flexibility index (Phi) is 5.33. The zero-order chi connectivity index (χ0) is 16.1. The van der Waals surface area contributed by atoms with Crippen LogP contribution >= 0.6 is 0 Å². The third-order valence-electron chi connectivity index (χ3n) is 3.76. The molecule has 0 saturated heterocycles. The third kappa shape index (κ3) is 4.18. The maximum Gasteiger partial charge on any atom is 0.253 e. The maximum absolute atomic E-state index is 12.2. The molecule has 1 N–H and O–H groups in total. The summed E-state index contributed by atoms with van der Waals surface area (Å²) in [5, 5.41) is 2.93. The molecule has 1 aliphatic rings. The van der Waals surface area contributed by atoms with E-state index in [4.69, 9.17) is 0 Å². The molecule has 0 spiro atoms. The number of nitrogens with one attached hydrogen (secondary N) is 1. The molecule has 0 bridgehead atoms. The van der Waals surface area contributed by atoms with E-state index < -0.39 is 0 Å². The van der Waals surface area contributed by atoms with Crippen LogP contribution in [0.5, 0.6) is 0 Å². The molecule has 0 fully saturated rings. The Bertz CT molecular complexity index is 593. The van der Waals surface area contributed by atoms with Gasteiger partial charge in [-0.25, -0.2) is 0 Å². The van der Waals surface area contributed by atoms with E-state index in [9.17, 15) is 9.59 Å². The molecule has 0 aliphatic carbocycles. The number of nitrogens with zero attached hydrogens (tertiary/aromatic N) is 2. The number of hydrogen-bond donors (Lipinski definition) is 1. The number of likely N-dealkylation sites (N-methyl/N-ethyl adjacent to an activating group) is 1. The quantitative estimate of drug-likeness (QED) is 0.855. The molecule has 1 aromatic rings. The van der Waals surface area contributed by atoms with Crippen molar-refractivity contribution in [1.82, 2.24) is 15.1 Å². The van der Waals surface area contributed by atoms with Gasteiger partial charge in [-0.15, -0.1) is 0 Å². The van der Waals surface area contributed by atoms with Crippen molar-refractivity contribution < 1.29 is 9.59 Å². The van der Waals surface area contributed by atoms with E-state index in [1.165, 1.54) is 10.5 Å². The van der Waals surface area contributed by atoms with Crippen LogP contribution < -0.4 is 5.32 Å². The summed E-state index contributed by atoms with van der Waals surface area (Å²) in [6, 6.07) is 6.82. The van der Waals surface area contributed by atoms with Crippen LogP contribution in [0.1, 0.15) is 27.1 Å². The van der Waals surface area contributed by atoms with E-state index >= 15 is 0 Å². The third-order valence-corrected chi connectivity index (χ3v) is 3.76. The van der Waals surface area contributed by atoms with Gasteiger partial charge >= 0.3 is 0 Å². The number of rotatable bonds is 4. The summed E-state index contributed by atoms with van der Waals surface area (Å²) in [7, 11) is 5.47. The van der Waals surface area contributed by atoms with Crippen LogP contribution in [0.25, 0.3) is 0 Å². The van der Waals surface area contributed by atoms with Gasteiger partial charge in [-0.2, -0.15) is 0 Å². The molecule has 5 nitrogen and oxygen atoms in total. The fraction of sp³-hybridized carbons (Fsp3) is 0.412. The Balaban J connectivity index is 1.98. The van der Waals surface area contributed by atoms with Crippen LogP contribution in [0.15, 0.2) is 35.9 Å². The van der Waals surface area contributed by atoms with Gasteiger partial charge in [0.25, 0.3) is 11.8 Å². The number of benzene rings is 1. The Hall–Kier alpha value is -2.14. The lowest BCUT2D eigenvalue weighted by Gasteiger charge is -2.22. The molecule has 1 heterocycles. The van der Waals surface area contributed by atoms with Crippen molar-refractivity contribution >= 4 is 11.8 Å². The second-order valence-electron chi connectivity index (χ2n) is 5.84. The largest absolute Gasteiger partial charge is 0.348 e.